The zero-order valence-corrected chi connectivity index (χ0v) is 18.3. The molecule has 1 aromatic heterocycles. The maximum Gasteiger partial charge on any atom is 0.272 e. The van der Waals surface area contributed by atoms with E-state index in [0.717, 1.165) is 35.5 Å². The molecule has 0 saturated carbocycles. The molecule has 3 aromatic rings. The summed E-state index contributed by atoms with van der Waals surface area (Å²) in [5.41, 5.74) is 4.05. The summed E-state index contributed by atoms with van der Waals surface area (Å²) in [5.74, 6) is 0.711. The molecule has 1 fully saturated rings. The number of benzene rings is 2. The molecular formula is C25H27N5O3. The molecule has 2 aliphatic heterocycles. The minimum absolute atomic E-state index is 0.00973. The van der Waals surface area contributed by atoms with Gasteiger partial charge in [0.2, 0.25) is 5.91 Å². The topological polar surface area (TPSA) is 99.4 Å². The van der Waals surface area contributed by atoms with Gasteiger partial charge >= 0.3 is 0 Å². The number of piperazine rings is 1. The summed E-state index contributed by atoms with van der Waals surface area (Å²) in [6.07, 6.45) is 3.54. The van der Waals surface area contributed by atoms with Crippen molar-refractivity contribution in [3.8, 4) is 17.0 Å². The number of rotatable bonds is 6. The number of hydrogen-bond donors (Lipinski definition) is 3. The second-order valence-electron chi connectivity index (χ2n) is 8.35. The Morgan fingerprint density at radius 3 is 2.91 bits per heavy atom. The van der Waals surface area contributed by atoms with Crippen molar-refractivity contribution in [2.75, 3.05) is 31.6 Å². The number of carbonyl (C=O) groups excluding carboxylic acids is 2. The second-order valence-corrected chi connectivity index (χ2v) is 8.35. The predicted molar refractivity (Wildman–Crippen MR) is 125 cm³/mol. The Hall–Kier alpha value is -3.65. The molecule has 3 N–H and O–H groups in total. The monoisotopic (exact) mass is 445 g/mol. The fourth-order valence-electron chi connectivity index (χ4n) is 4.46. The molecule has 1 saturated heterocycles. The van der Waals surface area contributed by atoms with Crippen molar-refractivity contribution in [3.05, 3.63) is 66.1 Å². The number of amides is 2. The fourth-order valence-corrected chi connectivity index (χ4v) is 4.46. The molecule has 2 aromatic carbocycles. The van der Waals surface area contributed by atoms with E-state index >= 15 is 0 Å². The average molecular weight is 446 g/mol. The van der Waals surface area contributed by atoms with Crippen molar-refractivity contribution >= 4 is 17.5 Å². The van der Waals surface area contributed by atoms with Gasteiger partial charge in [0, 0.05) is 55.8 Å². The lowest BCUT2D eigenvalue weighted by Gasteiger charge is -2.36. The van der Waals surface area contributed by atoms with E-state index < -0.39 is 0 Å². The highest BCUT2D eigenvalue weighted by atomic mass is 16.5. The summed E-state index contributed by atoms with van der Waals surface area (Å²) in [4.78, 5) is 34.5. The van der Waals surface area contributed by atoms with E-state index in [1.54, 1.807) is 6.33 Å². The van der Waals surface area contributed by atoms with Gasteiger partial charge in [-0.1, -0.05) is 36.4 Å². The third kappa shape index (κ3) is 4.61. The zero-order chi connectivity index (χ0) is 22.6. The highest BCUT2D eigenvalue weighted by molar-refractivity contribution is 5.98. The Balaban J connectivity index is 1.25. The van der Waals surface area contributed by atoms with E-state index in [2.05, 4.69) is 20.6 Å². The maximum atomic E-state index is 13.4. The van der Waals surface area contributed by atoms with Crippen LogP contribution in [0.4, 0.5) is 5.69 Å². The number of H-pyrrole nitrogens is 1. The lowest BCUT2D eigenvalue weighted by molar-refractivity contribution is -0.116. The summed E-state index contributed by atoms with van der Waals surface area (Å²) >= 11 is 0. The van der Waals surface area contributed by atoms with Crippen LogP contribution in [0.2, 0.25) is 0 Å². The van der Waals surface area contributed by atoms with Crippen LogP contribution in [0.25, 0.3) is 11.3 Å². The van der Waals surface area contributed by atoms with Crippen LogP contribution in [-0.2, 0) is 11.2 Å². The normalized spacial score (nSPS) is 17.9. The average Bonchev–Trinajstić information content (AvgIpc) is 3.34. The van der Waals surface area contributed by atoms with Gasteiger partial charge in [0.05, 0.1) is 12.9 Å². The van der Waals surface area contributed by atoms with Gasteiger partial charge in [-0.25, -0.2) is 4.98 Å². The number of carbonyl (C=O) groups is 2. The van der Waals surface area contributed by atoms with Gasteiger partial charge in [0.15, 0.2) is 0 Å². The largest absolute Gasteiger partial charge is 0.493 e. The SMILES string of the molecule is O=C1CCc2ccc(OCCC3CNCCN3C(=O)c3[nH]cnc3-c3ccccc3)cc2N1. The van der Waals surface area contributed by atoms with E-state index in [1.165, 1.54) is 0 Å². The lowest BCUT2D eigenvalue weighted by atomic mass is 10.0. The number of ether oxygens (including phenoxy) is 1. The number of aromatic nitrogens is 2. The van der Waals surface area contributed by atoms with Crippen molar-refractivity contribution in [1.82, 2.24) is 20.2 Å². The smallest absolute Gasteiger partial charge is 0.272 e. The van der Waals surface area contributed by atoms with Gasteiger partial charge in [0.1, 0.15) is 17.1 Å². The first kappa shape index (κ1) is 21.2. The standard InChI is InChI=1S/C25H27N5O3/c31-22-9-7-17-6-8-20(14-21(17)29-22)33-13-10-19-15-26-11-12-30(19)25(32)24-23(27-16-28-24)18-4-2-1-3-5-18/h1-6,8,14,16,19,26H,7,9-13,15H2,(H,27,28)(H,29,31). The van der Waals surface area contributed by atoms with E-state index in [4.69, 9.17) is 4.74 Å². The van der Waals surface area contributed by atoms with Crippen molar-refractivity contribution in [1.29, 1.82) is 0 Å². The Morgan fingerprint density at radius 2 is 2.03 bits per heavy atom. The van der Waals surface area contributed by atoms with Crippen LogP contribution in [0.5, 0.6) is 5.75 Å². The maximum absolute atomic E-state index is 13.4. The fraction of sp³-hybridized carbons (Fsp3) is 0.320. The van der Waals surface area contributed by atoms with Crippen molar-refractivity contribution in [2.45, 2.75) is 25.3 Å². The molecule has 2 aliphatic rings. The van der Waals surface area contributed by atoms with Crippen molar-refractivity contribution < 1.29 is 14.3 Å². The summed E-state index contributed by atoms with van der Waals surface area (Å²) in [5, 5.41) is 6.29. The Morgan fingerprint density at radius 1 is 1.15 bits per heavy atom. The summed E-state index contributed by atoms with van der Waals surface area (Å²) < 4.78 is 5.98. The van der Waals surface area contributed by atoms with Crippen LogP contribution in [0, 0.1) is 0 Å². The first-order valence-corrected chi connectivity index (χ1v) is 11.3. The number of nitrogens with zero attached hydrogens (tertiary/aromatic N) is 2. The third-order valence-corrected chi connectivity index (χ3v) is 6.21. The molecule has 1 unspecified atom stereocenters. The van der Waals surface area contributed by atoms with E-state index in [0.29, 0.717) is 43.9 Å². The summed E-state index contributed by atoms with van der Waals surface area (Å²) in [6, 6.07) is 15.6. The molecule has 0 spiro atoms. The molecule has 0 bridgehead atoms. The van der Waals surface area contributed by atoms with E-state index in [-0.39, 0.29) is 17.9 Å². The highest BCUT2D eigenvalue weighted by Crippen LogP contribution is 2.27. The number of fused-ring (bicyclic) bond motifs is 1. The second kappa shape index (κ2) is 9.46. The number of hydrogen-bond acceptors (Lipinski definition) is 5. The lowest BCUT2D eigenvalue weighted by Crippen LogP contribution is -2.54. The third-order valence-electron chi connectivity index (χ3n) is 6.21. The highest BCUT2D eigenvalue weighted by Gasteiger charge is 2.30. The molecular weight excluding hydrogens is 418 g/mol. The molecule has 8 heteroatoms. The van der Waals surface area contributed by atoms with Crippen LogP contribution in [0.15, 0.2) is 54.9 Å². The van der Waals surface area contributed by atoms with Gasteiger partial charge in [-0.3, -0.25) is 9.59 Å². The Bertz CT molecular complexity index is 1140. The number of anilines is 1. The number of aryl methyl sites for hydroxylation is 1. The molecule has 3 heterocycles. The van der Waals surface area contributed by atoms with E-state index in [1.807, 2.05) is 53.4 Å². The molecule has 1 atom stereocenters. The molecule has 8 nitrogen and oxygen atoms in total. The zero-order valence-electron chi connectivity index (χ0n) is 18.3. The van der Waals surface area contributed by atoms with Gasteiger partial charge in [-0.05, 0) is 18.1 Å². The number of nitrogens with one attached hydrogen (secondary N) is 3. The Labute approximate surface area is 192 Å². The Kier molecular flexibility index (Phi) is 6.08. The van der Waals surface area contributed by atoms with Crippen LogP contribution in [0.3, 0.4) is 0 Å². The molecule has 33 heavy (non-hydrogen) atoms. The first-order chi connectivity index (χ1) is 16.2. The quantitative estimate of drug-likeness (QED) is 0.542. The van der Waals surface area contributed by atoms with Crippen LogP contribution < -0.4 is 15.4 Å². The van der Waals surface area contributed by atoms with Crippen molar-refractivity contribution in [2.24, 2.45) is 0 Å². The molecule has 170 valence electrons. The molecule has 5 rings (SSSR count). The number of aromatic amines is 1. The molecule has 2 amide bonds. The molecule has 0 radical (unpaired) electrons. The minimum atomic E-state index is -0.0469. The van der Waals surface area contributed by atoms with Crippen LogP contribution in [0.1, 0.15) is 28.9 Å². The van der Waals surface area contributed by atoms with Gasteiger partial charge < -0.3 is 25.3 Å². The minimum Gasteiger partial charge on any atom is -0.493 e. The number of imidazole rings is 1. The first-order valence-electron chi connectivity index (χ1n) is 11.3. The van der Waals surface area contributed by atoms with Crippen LogP contribution in [-0.4, -0.2) is 59.0 Å². The van der Waals surface area contributed by atoms with E-state index in [9.17, 15) is 9.59 Å². The molecule has 0 aliphatic carbocycles. The summed E-state index contributed by atoms with van der Waals surface area (Å²) in [7, 11) is 0. The predicted octanol–water partition coefficient (Wildman–Crippen LogP) is 2.84. The van der Waals surface area contributed by atoms with Crippen molar-refractivity contribution in [3.63, 3.8) is 0 Å². The summed E-state index contributed by atoms with van der Waals surface area (Å²) in [6.45, 7) is 2.56. The van der Waals surface area contributed by atoms with Crippen LogP contribution >= 0.6 is 0 Å². The van der Waals surface area contributed by atoms with Gasteiger partial charge in [-0.2, -0.15) is 0 Å². The van der Waals surface area contributed by atoms with Gasteiger partial charge in [0.25, 0.3) is 5.91 Å². The van der Waals surface area contributed by atoms with Gasteiger partial charge in [-0.15, -0.1) is 0 Å².